The summed E-state index contributed by atoms with van der Waals surface area (Å²) in [7, 11) is 0. The van der Waals surface area contributed by atoms with Gasteiger partial charge in [-0.15, -0.1) is 0 Å². The number of hydrogen-bond acceptors (Lipinski definition) is 4. The normalized spacial score (nSPS) is 11.3. The molecule has 4 nitrogen and oxygen atoms in total. The third-order valence-corrected chi connectivity index (χ3v) is 11.4. The van der Waals surface area contributed by atoms with Gasteiger partial charge in [-0.2, -0.15) is 0 Å². The molecule has 11 rings (SSSR count). The Morgan fingerprint density at radius 2 is 0.639 bits per heavy atom. The van der Waals surface area contributed by atoms with Gasteiger partial charge in [-0.25, -0.2) is 15.0 Å². The van der Waals surface area contributed by atoms with Gasteiger partial charge in [0.25, 0.3) is 0 Å². The van der Waals surface area contributed by atoms with Crippen molar-refractivity contribution in [2.24, 2.45) is 0 Å². The Kier molecular flexibility index (Phi) is 9.14. The van der Waals surface area contributed by atoms with E-state index in [9.17, 15) is 0 Å². The summed E-state index contributed by atoms with van der Waals surface area (Å²) in [6.45, 7) is 0. The van der Waals surface area contributed by atoms with Crippen molar-refractivity contribution in [3.63, 3.8) is 0 Å². The van der Waals surface area contributed by atoms with Gasteiger partial charge in [-0.3, -0.25) is 0 Å². The fourth-order valence-electron chi connectivity index (χ4n) is 8.20. The lowest BCUT2D eigenvalue weighted by molar-refractivity contribution is 0.669. The van der Waals surface area contributed by atoms with Crippen molar-refractivity contribution in [3.8, 4) is 89.8 Å². The Morgan fingerprint density at radius 1 is 0.230 bits per heavy atom. The molecular weight excluding hydrogens is 743 g/mol. The summed E-state index contributed by atoms with van der Waals surface area (Å²) < 4.78 is 6.15. The van der Waals surface area contributed by atoms with Crippen molar-refractivity contribution in [2.75, 3.05) is 0 Å². The third-order valence-electron chi connectivity index (χ3n) is 11.4. The summed E-state index contributed by atoms with van der Waals surface area (Å²) in [6, 6.07) is 78.2. The van der Waals surface area contributed by atoms with Gasteiger partial charge in [0.05, 0.1) is 0 Å². The predicted octanol–water partition coefficient (Wildman–Crippen LogP) is 15.1. The maximum Gasteiger partial charge on any atom is 0.164 e. The van der Waals surface area contributed by atoms with E-state index >= 15 is 0 Å². The largest absolute Gasteiger partial charge is 0.456 e. The Hall–Kier alpha value is -8.21. The van der Waals surface area contributed by atoms with Gasteiger partial charge in [-0.05, 0) is 79.9 Å². The molecule has 11 aromatic rings. The number of fused-ring (bicyclic) bond motifs is 3. The molecule has 9 aromatic carbocycles. The van der Waals surface area contributed by atoms with Crippen molar-refractivity contribution < 1.29 is 4.42 Å². The molecule has 0 aliphatic rings. The van der Waals surface area contributed by atoms with Crippen LogP contribution in [0.25, 0.3) is 112 Å². The van der Waals surface area contributed by atoms with Crippen LogP contribution in [0.5, 0.6) is 0 Å². The molecular formula is C57H37N3O. The van der Waals surface area contributed by atoms with Crippen LogP contribution in [0.2, 0.25) is 0 Å². The van der Waals surface area contributed by atoms with E-state index < -0.39 is 0 Å². The van der Waals surface area contributed by atoms with E-state index in [1.54, 1.807) is 0 Å². The van der Waals surface area contributed by atoms with Gasteiger partial charge in [0.15, 0.2) is 17.5 Å². The quantitative estimate of drug-likeness (QED) is 0.154. The van der Waals surface area contributed by atoms with Gasteiger partial charge in [0, 0.05) is 27.5 Å². The predicted molar refractivity (Wildman–Crippen MR) is 251 cm³/mol. The van der Waals surface area contributed by atoms with Crippen LogP contribution in [0.3, 0.4) is 0 Å². The average Bonchev–Trinajstić information content (AvgIpc) is 3.73. The van der Waals surface area contributed by atoms with Crippen molar-refractivity contribution in [1.82, 2.24) is 15.0 Å². The second-order valence-electron chi connectivity index (χ2n) is 15.2. The van der Waals surface area contributed by atoms with Crippen LogP contribution in [0, 0.1) is 0 Å². The Bertz CT molecular complexity index is 3320. The van der Waals surface area contributed by atoms with Crippen LogP contribution >= 0.6 is 0 Å². The van der Waals surface area contributed by atoms with Crippen molar-refractivity contribution >= 4 is 21.9 Å². The highest BCUT2D eigenvalue weighted by atomic mass is 16.3. The maximum atomic E-state index is 6.15. The average molecular weight is 780 g/mol. The highest BCUT2D eigenvalue weighted by Crippen LogP contribution is 2.36. The summed E-state index contributed by atoms with van der Waals surface area (Å²) in [5.41, 5.74) is 15.9. The van der Waals surface area contributed by atoms with Crippen LogP contribution in [0.1, 0.15) is 0 Å². The van der Waals surface area contributed by atoms with E-state index in [0.29, 0.717) is 17.5 Å². The van der Waals surface area contributed by atoms with E-state index in [2.05, 4.69) is 194 Å². The Morgan fingerprint density at radius 3 is 1.30 bits per heavy atom. The molecule has 0 bridgehead atoms. The second kappa shape index (κ2) is 15.5. The van der Waals surface area contributed by atoms with Gasteiger partial charge in [0.2, 0.25) is 0 Å². The van der Waals surface area contributed by atoms with Gasteiger partial charge in [-0.1, -0.05) is 200 Å². The van der Waals surface area contributed by atoms with Crippen LogP contribution in [0.15, 0.2) is 229 Å². The number of benzene rings is 9. The van der Waals surface area contributed by atoms with Crippen LogP contribution in [-0.4, -0.2) is 15.0 Å². The molecule has 0 fully saturated rings. The minimum absolute atomic E-state index is 0.621. The van der Waals surface area contributed by atoms with E-state index in [1.807, 2.05) is 30.3 Å². The molecule has 2 heterocycles. The summed E-state index contributed by atoms with van der Waals surface area (Å²) >= 11 is 0. The highest BCUT2D eigenvalue weighted by Gasteiger charge is 2.17. The molecule has 0 spiro atoms. The standard InChI is InChI=1S/C57H37N3O/c1-3-12-38(13-4-1)46-16-11-17-48(36-46)56-58-55(59-57(60-56)52-20-8-7-18-49(52)44-14-5-2-6-15-44)45-32-30-42(31-33-45)40-24-22-39(23-25-40)41-26-28-43(29-27-41)47-34-35-51-50-19-9-10-21-53(50)61-54(51)37-47/h1-37H. The summed E-state index contributed by atoms with van der Waals surface area (Å²) in [5.74, 6) is 1.88. The number of hydrogen-bond donors (Lipinski definition) is 0. The first kappa shape index (κ1) is 35.9. The molecule has 0 aliphatic heterocycles. The summed E-state index contributed by atoms with van der Waals surface area (Å²) in [6.07, 6.45) is 0. The third kappa shape index (κ3) is 7.07. The monoisotopic (exact) mass is 779 g/mol. The molecule has 0 saturated heterocycles. The zero-order chi connectivity index (χ0) is 40.5. The van der Waals surface area contributed by atoms with Crippen molar-refractivity contribution in [2.45, 2.75) is 0 Å². The first-order valence-electron chi connectivity index (χ1n) is 20.5. The molecule has 0 radical (unpaired) electrons. The van der Waals surface area contributed by atoms with Crippen LogP contribution in [0.4, 0.5) is 0 Å². The lowest BCUT2D eigenvalue weighted by Crippen LogP contribution is -2.01. The molecule has 2 aromatic heterocycles. The molecule has 4 heteroatoms. The Balaban J connectivity index is 0.890. The zero-order valence-corrected chi connectivity index (χ0v) is 33.1. The fourth-order valence-corrected chi connectivity index (χ4v) is 8.20. The highest BCUT2D eigenvalue weighted by molar-refractivity contribution is 6.05. The summed E-state index contributed by atoms with van der Waals surface area (Å²) in [5, 5.41) is 2.29. The maximum absolute atomic E-state index is 6.15. The van der Waals surface area contributed by atoms with Crippen LogP contribution in [-0.2, 0) is 0 Å². The second-order valence-corrected chi connectivity index (χ2v) is 15.2. The topological polar surface area (TPSA) is 51.8 Å². The van der Waals surface area contributed by atoms with Crippen LogP contribution < -0.4 is 0 Å². The molecule has 0 unspecified atom stereocenters. The molecule has 0 saturated carbocycles. The van der Waals surface area contributed by atoms with Gasteiger partial charge in [0.1, 0.15) is 11.2 Å². The molecule has 61 heavy (non-hydrogen) atoms. The number of nitrogens with zero attached hydrogens (tertiary/aromatic N) is 3. The molecule has 0 atom stereocenters. The number of furan rings is 1. The fraction of sp³-hybridized carbons (Fsp3) is 0. The molecule has 0 N–H and O–H groups in total. The Labute approximate surface area is 354 Å². The number of aromatic nitrogens is 3. The number of rotatable bonds is 8. The van der Waals surface area contributed by atoms with Gasteiger partial charge < -0.3 is 4.42 Å². The smallest absolute Gasteiger partial charge is 0.164 e. The van der Waals surface area contributed by atoms with E-state index in [-0.39, 0.29) is 0 Å². The number of para-hydroxylation sites is 1. The SMILES string of the molecule is c1ccc(-c2cccc(-c3nc(-c4ccc(-c5ccc(-c6ccc(-c7ccc8c(c7)oc7ccccc78)cc6)cc5)cc4)nc(-c4ccccc4-c4ccccc4)n3)c2)cc1. The molecule has 286 valence electrons. The molecule has 0 amide bonds. The van der Waals surface area contributed by atoms with Crippen molar-refractivity contribution in [1.29, 1.82) is 0 Å². The summed E-state index contributed by atoms with van der Waals surface area (Å²) in [4.78, 5) is 15.4. The van der Waals surface area contributed by atoms with E-state index in [1.165, 1.54) is 5.56 Å². The van der Waals surface area contributed by atoms with Gasteiger partial charge >= 0.3 is 0 Å². The zero-order valence-electron chi connectivity index (χ0n) is 33.1. The minimum atomic E-state index is 0.621. The first-order chi connectivity index (χ1) is 30.2. The van der Waals surface area contributed by atoms with Crippen molar-refractivity contribution in [3.05, 3.63) is 224 Å². The minimum Gasteiger partial charge on any atom is -0.456 e. The van der Waals surface area contributed by atoms with E-state index in [0.717, 1.165) is 88.7 Å². The van der Waals surface area contributed by atoms with E-state index in [4.69, 9.17) is 19.4 Å². The first-order valence-corrected chi connectivity index (χ1v) is 20.5. The lowest BCUT2D eigenvalue weighted by atomic mass is 9.97. The molecule has 0 aliphatic carbocycles. The lowest BCUT2D eigenvalue weighted by Gasteiger charge is -2.13.